The summed E-state index contributed by atoms with van der Waals surface area (Å²) in [4.78, 5) is 13.7. The highest BCUT2D eigenvalue weighted by atomic mass is 16.4. The SMILES string of the molecule is Cc1cc(=O)oc2cc(N3CCCC3)ccc12. The molecule has 0 aliphatic carbocycles. The number of aryl methyl sites for hydroxylation is 1. The largest absolute Gasteiger partial charge is 0.423 e. The van der Waals surface area contributed by atoms with E-state index in [4.69, 9.17) is 4.42 Å². The first-order chi connectivity index (χ1) is 8.24. The van der Waals surface area contributed by atoms with Crippen molar-refractivity contribution in [2.45, 2.75) is 19.8 Å². The van der Waals surface area contributed by atoms with Gasteiger partial charge in [0.25, 0.3) is 0 Å². The number of anilines is 1. The van der Waals surface area contributed by atoms with E-state index < -0.39 is 0 Å². The van der Waals surface area contributed by atoms with Gasteiger partial charge in [-0.2, -0.15) is 0 Å². The summed E-state index contributed by atoms with van der Waals surface area (Å²) in [5.74, 6) is 0. The van der Waals surface area contributed by atoms with E-state index in [9.17, 15) is 4.79 Å². The van der Waals surface area contributed by atoms with Crippen LogP contribution < -0.4 is 10.5 Å². The summed E-state index contributed by atoms with van der Waals surface area (Å²) < 4.78 is 5.26. The van der Waals surface area contributed by atoms with Crippen molar-refractivity contribution in [2.24, 2.45) is 0 Å². The van der Waals surface area contributed by atoms with Crippen molar-refractivity contribution >= 4 is 16.7 Å². The number of hydrogen-bond donors (Lipinski definition) is 0. The molecule has 1 aromatic heterocycles. The number of benzene rings is 1. The van der Waals surface area contributed by atoms with Gasteiger partial charge in [0.05, 0.1) is 0 Å². The van der Waals surface area contributed by atoms with Gasteiger partial charge in [-0.3, -0.25) is 0 Å². The summed E-state index contributed by atoms with van der Waals surface area (Å²) in [5, 5.41) is 1.02. The van der Waals surface area contributed by atoms with Crippen LogP contribution in [-0.4, -0.2) is 13.1 Å². The minimum absolute atomic E-state index is 0.270. The molecule has 3 nitrogen and oxygen atoms in total. The lowest BCUT2D eigenvalue weighted by Crippen LogP contribution is -2.17. The third-order valence-electron chi connectivity index (χ3n) is 3.41. The standard InChI is InChI=1S/C14H15NO2/c1-10-8-14(16)17-13-9-11(4-5-12(10)13)15-6-2-3-7-15/h4-5,8-9H,2-3,6-7H2,1H3. The van der Waals surface area contributed by atoms with E-state index in [1.165, 1.54) is 18.9 Å². The minimum atomic E-state index is -0.270. The number of fused-ring (bicyclic) bond motifs is 1. The molecular formula is C14H15NO2. The van der Waals surface area contributed by atoms with Crippen molar-refractivity contribution in [3.05, 3.63) is 40.2 Å². The van der Waals surface area contributed by atoms with Crippen molar-refractivity contribution in [2.75, 3.05) is 18.0 Å². The number of rotatable bonds is 1. The lowest BCUT2D eigenvalue weighted by atomic mass is 10.1. The molecule has 0 unspecified atom stereocenters. The fourth-order valence-corrected chi connectivity index (χ4v) is 2.49. The summed E-state index contributed by atoms with van der Waals surface area (Å²) in [6.45, 7) is 4.14. The Morgan fingerprint density at radius 3 is 2.71 bits per heavy atom. The van der Waals surface area contributed by atoms with E-state index in [0.29, 0.717) is 5.58 Å². The second-order valence-corrected chi connectivity index (χ2v) is 4.62. The lowest BCUT2D eigenvalue weighted by molar-refractivity contribution is 0.560. The van der Waals surface area contributed by atoms with Crippen molar-refractivity contribution in [1.29, 1.82) is 0 Å². The summed E-state index contributed by atoms with van der Waals surface area (Å²) in [6.07, 6.45) is 2.49. The average Bonchev–Trinajstić information content (AvgIpc) is 2.81. The van der Waals surface area contributed by atoms with Gasteiger partial charge in [-0.15, -0.1) is 0 Å². The molecule has 0 N–H and O–H groups in total. The molecule has 2 aromatic rings. The van der Waals surface area contributed by atoms with Gasteiger partial charge in [-0.1, -0.05) is 0 Å². The molecule has 3 heteroatoms. The molecule has 0 bridgehead atoms. The van der Waals surface area contributed by atoms with Gasteiger partial charge in [0.2, 0.25) is 0 Å². The van der Waals surface area contributed by atoms with Crippen LogP contribution >= 0.6 is 0 Å². The Hall–Kier alpha value is -1.77. The molecule has 88 valence electrons. The second-order valence-electron chi connectivity index (χ2n) is 4.62. The molecule has 0 spiro atoms. The maximum atomic E-state index is 11.4. The Balaban J connectivity index is 2.14. The number of nitrogens with zero attached hydrogens (tertiary/aromatic N) is 1. The normalized spacial score (nSPS) is 15.7. The maximum absolute atomic E-state index is 11.4. The molecule has 0 radical (unpaired) electrons. The summed E-state index contributed by atoms with van der Waals surface area (Å²) in [6, 6.07) is 7.68. The van der Waals surface area contributed by atoms with Gasteiger partial charge in [0.15, 0.2) is 0 Å². The Morgan fingerprint density at radius 1 is 1.18 bits per heavy atom. The van der Waals surface area contributed by atoms with E-state index in [-0.39, 0.29) is 5.63 Å². The van der Waals surface area contributed by atoms with Gasteiger partial charge in [-0.25, -0.2) is 4.79 Å². The molecule has 0 saturated carbocycles. The van der Waals surface area contributed by atoms with Gasteiger partial charge in [0.1, 0.15) is 5.58 Å². The summed E-state index contributed by atoms with van der Waals surface area (Å²) in [5.41, 5.74) is 2.56. The van der Waals surface area contributed by atoms with Crippen molar-refractivity contribution in [3.8, 4) is 0 Å². The Kier molecular flexibility index (Phi) is 2.39. The highest BCUT2D eigenvalue weighted by Gasteiger charge is 2.13. The Morgan fingerprint density at radius 2 is 1.94 bits per heavy atom. The predicted octanol–water partition coefficient (Wildman–Crippen LogP) is 2.70. The summed E-state index contributed by atoms with van der Waals surface area (Å²) in [7, 11) is 0. The zero-order chi connectivity index (χ0) is 11.8. The van der Waals surface area contributed by atoms with Crippen LogP contribution in [0.25, 0.3) is 11.0 Å². The molecule has 2 heterocycles. The van der Waals surface area contributed by atoms with Crippen LogP contribution in [0, 0.1) is 6.92 Å². The molecule has 1 saturated heterocycles. The predicted molar refractivity (Wildman–Crippen MR) is 68.7 cm³/mol. The van der Waals surface area contributed by atoms with Crippen LogP contribution in [0.4, 0.5) is 5.69 Å². The van der Waals surface area contributed by atoms with Crippen LogP contribution in [0.1, 0.15) is 18.4 Å². The van der Waals surface area contributed by atoms with Crippen molar-refractivity contribution in [3.63, 3.8) is 0 Å². The molecule has 0 amide bonds. The van der Waals surface area contributed by atoms with Gasteiger partial charge in [-0.05, 0) is 37.5 Å². The fraction of sp³-hybridized carbons (Fsp3) is 0.357. The van der Waals surface area contributed by atoms with Gasteiger partial charge in [0, 0.05) is 36.3 Å². The third-order valence-corrected chi connectivity index (χ3v) is 3.41. The molecule has 1 aliphatic rings. The highest BCUT2D eigenvalue weighted by molar-refractivity contribution is 5.83. The van der Waals surface area contributed by atoms with E-state index in [1.54, 1.807) is 0 Å². The monoisotopic (exact) mass is 229 g/mol. The lowest BCUT2D eigenvalue weighted by Gasteiger charge is -2.17. The molecule has 3 rings (SSSR count). The van der Waals surface area contributed by atoms with Crippen LogP contribution in [0.5, 0.6) is 0 Å². The van der Waals surface area contributed by atoms with Gasteiger partial charge < -0.3 is 9.32 Å². The molecule has 17 heavy (non-hydrogen) atoms. The minimum Gasteiger partial charge on any atom is -0.423 e. The topological polar surface area (TPSA) is 33.5 Å². The Labute approximate surface area is 99.7 Å². The molecule has 1 aromatic carbocycles. The van der Waals surface area contributed by atoms with E-state index in [0.717, 1.165) is 29.7 Å². The molecular weight excluding hydrogens is 214 g/mol. The highest BCUT2D eigenvalue weighted by Crippen LogP contribution is 2.25. The van der Waals surface area contributed by atoms with Crippen molar-refractivity contribution < 1.29 is 4.42 Å². The van der Waals surface area contributed by atoms with Crippen LogP contribution in [-0.2, 0) is 0 Å². The molecule has 1 fully saturated rings. The van der Waals surface area contributed by atoms with Crippen molar-refractivity contribution in [1.82, 2.24) is 0 Å². The van der Waals surface area contributed by atoms with Crippen LogP contribution in [0.15, 0.2) is 33.5 Å². The second kappa shape index (κ2) is 3.91. The maximum Gasteiger partial charge on any atom is 0.336 e. The average molecular weight is 229 g/mol. The molecule has 1 aliphatic heterocycles. The zero-order valence-electron chi connectivity index (χ0n) is 9.90. The third kappa shape index (κ3) is 1.82. The smallest absolute Gasteiger partial charge is 0.336 e. The van der Waals surface area contributed by atoms with Crippen LogP contribution in [0.2, 0.25) is 0 Å². The van der Waals surface area contributed by atoms with Crippen LogP contribution in [0.3, 0.4) is 0 Å². The first-order valence-corrected chi connectivity index (χ1v) is 6.03. The molecule has 0 atom stereocenters. The first-order valence-electron chi connectivity index (χ1n) is 6.03. The zero-order valence-corrected chi connectivity index (χ0v) is 9.90. The van der Waals surface area contributed by atoms with E-state index >= 15 is 0 Å². The fourth-order valence-electron chi connectivity index (χ4n) is 2.49. The van der Waals surface area contributed by atoms with E-state index in [2.05, 4.69) is 11.0 Å². The van der Waals surface area contributed by atoms with E-state index in [1.807, 2.05) is 19.1 Å². The van der Waals surface area contributed by atoms with Gasteiger partial charge >= 0.3 is 5.63 Å². The Bertz CT molecular complexity index is 609. The first kappa shape index (κ1) is 10.4. The quantitative estimate of drug-likeness (QED) is 0.705. The summed E-state index contributed by atoms with van der Waals surface area (Å²) >= 11 is 0. The number of hydrogen-bond acceptors (Lipinski definition) is 3.